The van der Waals surface area contributed by atoms with E-state index in [2.05, 4.69) is 300 Å². The van der Waals surface area contributed by atoms with Gasteiger partial charge in [-0.1, -0.05) is 200 Å². The van der Waals surface area contributed by atoms with Gasteiger partial charge in [-0.05, 0) is 200 Å². The molecule has 2 heterocycles. The molecule has 0 N–H and O–H groups in total. The molecule has 0 amide bonds. The largest absolute Gasteiger partial charge is 0.309 e. The molecule has 2 aromatic heterocycles. The van der Waals surface area contributed by atoms with Crippen LogP contribution in [0, 0.1) is 0 Å². The Hall–Kier alpha value is -10.5. The molecule has 0 fully saturated rings. The summed E-state index contributed by atoms with van der Waals surface area (Å²) in [7, 11) is 0. The summed E-state index contributed by atoms with van der Waals surface area (Å²) in [6.07, 6.45) is 0. The summed E-state index contributed by atoms with van der Waals surface area (Å²) >= 11 is 0. The number of benzene rings is 15. The van der Waals surface area contributed by atoms with Crippen molar-refractivity contribution >= 4 is 108 Å². The Balaban J connectivity index is 0.842. The van der Waals surface area contributed by atoms with Gasteiger partial charge in [0.2, 0.25) is 0 Å². The van der Waals surface area contributed by atoms with Crippen LogP contribution in [0.2, 0.25) is 0 Å². The van der Waals surface area contributed by atoms with Crippen LogP contribution in [0.1, 0.15) is 0 Å². The first-order valence-electron chi connectivity index (χ1n) is 27.7. The number of rotatable bonds is 6. The summed E-state index contributed by atoms with van der Waals surface area (Å²) in [4.78, 5) is 0. The summed E-state index contributed by atoms with van der Waals surface area (Å²) in [5, 5.41) is 20.3. The molecule has 0 saturated heterocycles. The molecular formula is C78H48N2. The number of para-hydroxylation sites is 3. The number of nitrogens with zero attached hydrogens (tertiary/aromatic N) is 2. The fraction of sp³-hybridized carbons (Fsp3) is 0. The Morgan fingerprint density at radius 2 is 0.425 bits per heavy atom. The fourth-order valence-electron chi connectivity index (χ4n) is 13.6. The van der Waals surface area contributed by atoms with Gasteiger partial charge in [-0.3, -0.25) is 0 Å². The van der Waals surface area contributed by atoms with E-state index in [-0.39, 0.29) is 0 Å². The van der Waals surface area contributed by atoms with Gasteiger partial charge >= 0.3 is 0 Å². The van der Waals surface area contributed by atoms with Crippen molar-refractivity contribution in [2.75, 3.05) is 0 Å². The highest BCUT2D eigenvalue weighted by Gasteiger charge is 2.19. The first-order chi connectivity index (χ1) is 39.7. The van der Waals surface area contributed by atoms with E-state index in [9.17, 15) is 0 Å². The van der Waals surface area contributed by atoms with Crippen LogP contribution in [-0.4, -0.2) is 9.13 Å². The predicted octanol–water partition coefficient (Wildman–Crippen LogP) is 21.5. The van der Waals surface area contributed by atoms with E-state index in [1.165, 1.54) is 153 Å². The maximum Gasteiger partial charge on any atom is 0.0541 e. The van der Waals surface area contributed by atoms with Gasteiger partial charge in [0.25, 0.3) is 0 Å². The SMILES string of the molecule is c1ccc(-n2c3ccccc3c3cc(-c4cc(-c5ccc6c7ccccc7c7ccccc7c6c5)cc(-c5ccc6c(c5)c5ccccc5n6-c5cccc(-c6ccc7c8ccccc8c8ccccc8c7c6)c5)c4)ccc32)cc1. The van der Waals surface area contributed by atoms with Gasteiger partial charge in [0.1, 0.15) is 0 Å². The molecule has 0 aliphatic heterocycles. The second-order valence-corrected chi connectivity index (χ2v) is 21.6. The first-order valence-corrected chi connectivity index (χ1v) is 27.7. The number of fused-ring (bicyclic) bond motifs is 18. The van der Waals surface area contributed by atoms with Crippen molar-refractivity contribution in [3.63, 3.8) is 0 Å². The zero-order chi connectivity index (χ0) is 52.4. The molecule has 15 aromatic carbocycles. The zero-order valence-electron chi connectivity index (χ0n) is 43.6. The van der Waals surface area contributed by atoms with Gasteiger partial charge in [0.05, 0.1) is 22.1 Å². The highest BCUT2D eigenvalue weighted by atomic mass is 15.0. The molecule has 0 aliphatic rings. The lowest BCUT2D eigenvalue weighted by Crippen LogP contribution is -1.94. The standard InChI is InChI=1S/C78H48N2/c1-2-18-57(19-3-1)79-75-31-14-12-29-69(75)73-47-52(35-39-77(73)79)55-41-54(51-34-38-68-64-26-7-5-22-60(64)62-24-9-11-28-66(62)72(68)46-51)42-56(43-55)53-36-40-78-74(48-53)70-30-13-15-32-76(70)80(78)58-20-16-17-49(44-58)50-33-37-67-63-25-6-4-21-59(63)61-23-8-10-27-65(61)71(67)45-50/h1-48H. The number of hydrogen-bond acceptors (Lipinski definition) is 0. The van der Waals surface area contributed by atoms with Crippen molar-refractivity contribution in [1.29, 1.82) is 0 Å². The third kappa shape index (κ3) is 6.79. The molecule has 0 saturated carbocycles. The molecule has 0 radical (unpaired) electrons. The average molecular weight is 1010 g/mol. The quantitative estimate of drug-likeness (QED) is 0.147. The van der Waals surface area contributed by atoms with Crippen LogP contribution in [0.25, 0.3) is 164 Å². The Kier molecular flexibility index (Phi) is 9.75. The predicted molar refractivity (Wildman–Crippen MR) is 342 cm³/mol. The molecule has 0 aliphatic carbocycles. The summed E-state index contributed by atoms with van der Waals surface area (Å²) in [5.41, 5.74) is 16.5. The minimum Gasteiger partial charge on any atom is -0.309 e. The molecule has 2 nitrogen and oxygen atoms in total. The highest BCUT2D eigenvalue weighted by Crippen LogP contribution is 2.44. The van der Waals surface area contributed by atoms with Crippen LogP contribution in [0.4, 0.5) is 0 Å². The van der Waals surface area contributed by atoms with Crippen LogP contribution in [0.5, 0.6) is 0 Å². The van der Waals surface area contributed by atoms with Gasteiger partial charge < -0.3 is 9.13 Å². The minimum absolute atomic E-state index is 1.13. The summed E-state index contributed by atoms with van der Waals surface area (Å²) in [5.74, 6) is 0. The van der Waals surface area contributed by atoms with Gasteiger partial charge in [-0.15, -0.1) is 0 Å². The van der Waals surface area contributed by atoms with Crippen molar-refractivity contribution in [2.24, 2.45) is 0 Å². The summed E-state index contributed by atoms with van der Waals surface area (Å²) in [6, 6.07) is 108. The maximum absolute atomic E-state index is 2.45. The normalized spacial score (nSPS) is 12.0. The lowest BCUT2D eigenvalue weighted by atomic mass is 9.89. The minimum atomic E-state index is 1.13. The smallest absolute Gasteiger partial charge is 0.0541 e. The van der Waals surface area contributed by atoms with E-state index in [0.29, 0.717) is 0 Å². The van der Waals surface area contributed by atoms with E-state index < -0.39 is 0 Å². The second-order valence-electron chi connectivity index (χ2n) is 21.6. The van der Waals surface area contributed by atoms with E-state index in [4.69, 9.17) is 0 Å². The topological polar surface area (TPSA) is 9.86 Å². The first kappa shape index (κ1) is 44.6. The lowest BCUT2D eigenvalue weighted by Gasteiger charge is -2.15. The van der Waals surface area contributed by atoms with Crippen LogP contribution >= 0.6 is 0 Å². The molecule has 0 atom stereocenters. The monoisotopic (exact) mass is 1010 g/mol. The van der Waals surface area contributed by atoms with Crippen molar-refractivity contribution < 1.29 is 0 Å². The van der Waals surface area contributed by atoms with Gasteiger partial charge in [0.15, 0.2) is 0 Å². The maximum atomic E-state index is 2.45. The number of aromatic nitrogens is 2. The summed E-state index contributed by atoms with van der Waals surface area (Å²) in [6.45, 7) is 0. The zero-order valence-corrected chi connectivity index (χ0v) is 43.6. The molecule has 0 bridgehead atoms. The van der Waals surface area contributed by atoms with E-state index in [0.717, 1.165) is 11.4 Å². The molecular weight excluding hydrogens is 965 g/mol. The van der Waals surface area contributed by atoms with Gasteiger partial charge in [-0.2, -0.15) is 0 Å². The van der Waals surface area contributed by atoms with Crippen LogP contribution in [0.3, 0.4) is 0 Å². The van der Waals surface area contributed by atoms with Gasteiger partial charge in [-0.25, -0.2) is 0 Å². The van der Waals surface area contributed by atoms with Crippen LogP contribution < -0.4 is 0 Å². The number of hydrogen-bond donors (Lipinski definition) is 0. The molecule has 2 heteroatoms. The van der Waals surface area contributed by atoms with Crippen molar-refractivity contribution in [3.8, 4) is 55.9 Å². The third-order valence-electron chi connectivity index (χ3n) is 17.2. The molecule has 0 spiro atoms. The molecule has 80 heavy (non-hydrogen) atoms. The Morgan fingerprint density at radius 3 is 0.863 bits per heavy atom. The van der Waals surface area contributed by atoms with E-state index in [1.54, 1.807) is 0 Å². The fourth-order valence-corrected chi connectivity index (χ4v) is 13.6. The second kappa shape index (κ2) is 17.5. The van der Waals surface area contributed by atoms with E-state index >= 15 is 0 Å². The van der Waals surface area contributed by atoms with Crippen molar-refractivity contribution in [1.82, 2.24) is 9.13 Å². The van der Waals surface area contributed by atoms with Crippen LogP contribution in [0.15, 0.2) is 291 Å². The molecule has 0 unspecified atom stereocenters. The van der Waals surface area contributed by atoms with E-state index in [1.807, 2.05) is 0 Å². The third-order valence-corrected chi connectivity index (χ3v) is 17.2. The Morgan fingerprint density at radius 1 is 0.138 bits per heavy atom. The molecule has 370 valence electrons. The lowest BCUT2D eigenvalue weighted by molar-refractivity contribution is 1.18. The van der Waals surface area contributed by atoms with Crippen molar-refractivity contribution in [2.45, 2.75) is 0 Å². The highest BCUT2D eigenvalue weighted by molar-refractivity contribution is 6.27. The average Bonchev–Trinajstić information content (AvgIpc) is 4.23. The Labute approximate surface area is 461 Å². The van der Waals surface area contributed by atoms with Crippen molar-refractivity contribution in [3.05, 3.63) is 291 Å². The van der Waals surface area contributed by atoms with Gasteiger partial charge in [0, 0.05) is 32.9 Å². The molecule has 17 rings (SSSR count). The van der Waals surface area contributed by atoms with Crippen LogP contribution in [-0.2, 0) is 0 Å². The Bertz CT molecular complexity index is 5350. The summed E-state index contributed by atoms with van der Waals surface area (Å²) < 4.78 is 4.85. The molecule has 17 aromatic rings.